The summed E-state index contributed by atoms with van der Waals surface area (Å²) in [7, 11) is 0. The number of halogens is 1. The summed E-state index contributed by atoms with van der Waals surface area (Å²) in [5, 5.41) is 1.57. The second-order valence-electron chi connectivity index (χ2n) is 10.6. The lowest BCUT2D eigenvalue weighted by atomic mass is 9.49. The quantitative estimate of drug-likeness (QED) is 0.576. The molecule has 0 spiro atoms. The molecule has 172 valence electrons. The number of carbonyl (C=O) groups excluding carboxylic acids is 1. The molecule has 2 aromatic rings. The molecule has 1 saturated heterocycles. The lowest BCUT2D eigenvalue weighted by Gasteiger charge is -2.56. The van der Waals surface area contributed by atoms with Crippen molar-refractivity contribution in [3.05, 3.63) is 23.2 Å². The zero-order chi connectivity index (χ0) is 21.7. The Labute approximate surface area is 199 Å². The minimum atomic E-state index is -0.150. The van der Waals surface area contributed by atoms with Crippen LogP contribution in [0.4, 0.5) is 5.13 Å². The standard InChI is InChI=1S/C25H32ClN3O2S/c26-20-2-3-21-22(13-20)32-24(27-21)29(5-1-4-28-6-8-31-9-7-28)23(30)25-14-17-10-18(15-25)12-19(11-17)16-25/h2-3,13,17-19H,1,4-12,14-16H2. The summed E-state index contributed by atoms with van der Waals surface area (Å²) in [4.78, 5) is 23.7. The monoisotopic (exact) mass is 473 g/mol. The number of rotatable bonds is 6. The SMILES string of the molecule is O=C(N(CCCN1CCOCC1)c1nc2ccc(Cl)cc2s1)C12CC3CC(CC(C3)C1)C2. The summed E-state index contributed by atoms with van der Waals surface area (Å²) in [5.41, 5.74) is 0.786. The fraction of sp³-hybridized carbons (Fsp3) is 0.680. The summed E-state index contributed by atoms with van der Waals surface area (Å²) in [6.45, 7) is 5.35. The van der Waals surface area contributed by atoms with E-state index in [1.54, 1.807) is 11.3 Å². The van der Waals surface area contributed by atoms with Gasteiger partial charge in [-0.1, -0.05) is 22.9 Å². The Balaban J connectivity index is 1.27. The van der Waals surface area contributed by atoms with Crippen LogP contribution in [0.5, 0.6) is 0 Å². The number of benzene rings is 1. The van der Waals surface area contributed by atoms with E-state index in [0.29, 0.717) is 5.91 Å². The first kappa shape index (κ1) is 21.3. The van der Waals surface area contributed by atoms with Crippen molar-refractivity contribution in [2.45, 2.75) is 44.9 Å². The largest absolute Gasteiger partial charge is 0.379 e. The second kappa shape index (κ2) is 8.53. The van der Waals surface area contributed by atoms with Crippen LogP contribution in [0.1, 0.15) is 44.9 Å². The van der Waals surface area contributed by atoms with Crippen LogP contribution in [0.3, 0.4) is 0 Å². The summed E-state index contributed by atoms with van der Waals surface area (Å²) in [5.74, 6) is 2.63. The van der Waals surface area contributed by atoms with Crippen molar-refractivity contribution < 1.29 is 9.53 Å². The van der Waals surface area contributed by atoms with Gasteiger partial charge >= 0.3 is 0 Å². The highest BCUT2D eigenvalue weighted by atomic mass is 35.5. The Morgan fingerprint density at radius 3 is 2.53 bits per heavy atom. The van der Waals surface area contributed by atoms with Crippen molar-refractivity contribution in [2.75, 3.05) is 44.3 Å². The summed E-state index contributed by atoms with van der Waals surface area (Å²) in [6, 6.07) is 5.83. The van der Waals surface area contributed by atoms with Gasteiger partial charge in [-0.15, -0.1) is 0 Å². The lowest BCUT2D eigenvalue weighted by molar-refractivity contribution is -0.143. The number of thiazole rings is 1. The van der Waals surface area contributed by atoms with Crippen molar-refractivity contribution in [2.24, 2.45) is 23.2 Å². The minimum absolute atomic E-state index is 0.150. The third-order valence-corrected chi connectivity index (χ3v) is 9.54. The van der Waals surface area contributed by atoms with E-state index in [1.165, 1.54) is 19.3 Å². The predicted molar refractivity (Wildman–Crippen MR) is 129 cm³/mol. The molecule has 5 nitrogen and oxygen atoms in total. The number of morpholine rings is 1. The molecule has 0 atom stereocenters. The van der Waals surface area contributed by atoms with Crippen LogP contribution >= 0.6 is 22.9 Å². The Kier molecular flexibility index (Phi) is 5.69. The second-order valence-corrected chi connectivity index (χ2v) is 12.0. The summed E-state index contributed by atoms with van der Waals surface area (Å²) in [6.07, 6.45) is 8.29. The van der Waals surface area contributed by atoms with Gasteiger partial charge < -0.3 is 4.74 Å². The molecule has 7 heteroatoms. The highest BCUT2D eigenvalue weighted by Gasteiger charge is 2.56. The maximum absolute atomic E-state index is 14.3. The molecule has 1 aromatic heterocycles. The Morgan fingerprint density at radius 2 is 1.84 bits per heavy atom. The molecule has 4 saturated carbocycles. The fourth-order valence-electron chi connectivity index (χ4n) is 7.22. The third-order valence-electron chi connectivity index (χ3n) is 8.27. The van der Waals surface area contributed by atoms with Gasteiger partial charge in [-0.2, -0.15) is 0 Å². The molecule has 4 aliphatic carbocycles. The van der Waals surface area contributed by atoms with Crippen LogP contribution in [0.15, 0.2) is 18.2 Å². The molecular weight excluding hydrogens is 442 g/mol. The van der Waals surface area contributed by atoms with Gasteiger partial charge in [0.15, 0.2) is 5.13 Å². The zero-order valence-corrected chi connectivity index (χ0v) is 20.2. The molecule has 7 rings (SSSR count). The molecule has 0 radical (unpaired) electrons. The van der Waals surface area contributed by atoms with E-state index in [-0.39, 0.29) is 5.41 Å². The van der Waals surface area contributed by atoms with Crippen molar-refractivity contribution >= 4 is 44.2 Å². The van der Waals surface area contributed by atoms with Gasteiger partial charge in [0.1, 0.15) is 0 Å². The molecule has 0 unspecified atom stereocenters. The zero-order valence-electron chi connectivity index (χ0n) is 18.6. The molecular formula is C25H32ClN3O2S. The Bertz CT molecular complexity index is 967. The van der Waals surface area contributed by atoms with Gasteiger partial charge in [-0.3, -0.25) is 14.6 Å². The van der Waals surface area contributed by atoms with E-state index in [9.17, 15) is 4.79 Å². The van der Waals surface area contributed by atoms with Gasteiger partial charge in [0.05, 0.1) is 28.8 Å². The smallest absolute Gasteiger partial charge is 0.235 e. The molecule has 5 aliphatic rings. The fourth-order valence-corrected chi connectivity index (χ4v) is 8.49. The minimum Gasteiger partial charge on any atom is -0.379 e. The molecule has 5 fully saturated rings. The van der Waals surface area contributed by atoms with Crippen LogP contribution < -0.4 is 4.90 Å². The van der Waals surface area contributed by atoms with Crippen LogP contribution in [0, 0.1) is 23.2 Å². The van der Waals surface area contributed by atoms with Crippen molar-refractivity contribution in [1.29, 1.82) is 0 Å². The topological polar surface area (TPSA) is 45.7 Å². The number of carbonyl (C=O) groups is 1. The normalized spacial score (nSPS) is 32.0. The van der Waals surface area contributed by atoms with E-state index < -0.39 is 0 Å². The number of amides is 1. The number of hydrogen-bond acceptors (Lipinski definition) is 5. The molecule has 1 aromatic carbocycles. The molecule has 4 bridgehead atoms. The van der Waals surface area contributed by atoms with E-state index in [4.69, 9.17) is 21.3 Å². The summed E-state index contributed by atoms with van der Waals surface area (Å²) < 4.78 is 6.55. The van der Waals surface area contributed by atoms with Crippen molar-refractivity contribution in [3.8, 4) is 0 Å². The van der Waals surface area contributed by atoms with E-state index in [2.05, 4.69) is 9.80 Å². The van der Waals surface area contributed by atoms with Gasteiger partial charge in [-0.25, -0.2) is 4.98 Å². The van der Waals surface area contributed by atoms with Crippen LogP contribution in [0.2, 0.25) is 5.02 Å². The van der Waals surface area contributed by atoms with Gasteiger partial charge in [0.25, 0.3) is 0 Å². The van der Waals surface area contributed by atoms with Crippen molar-refractivity contribution in [1.82, 2.24) is 9.88 Å². The molecule has 0 N–H and O–H groups in total. The molecule has 2 heterocycles. The summed E-state index contributed by atoms with van der Waals surface area (Å²) >= 11 is 7.85. The first-order valence-corrected chi connectivity index (χ1v) is 13.5. The number of nitrogens with zero attached hydrogens (tertiary/aromatic N) is 3. The average Bonchev–Trinajstić information content (AvgIpc) is 3.19. The number of fused-ring (bicyclic) bond motifs is 1. The van der Waals surface area contributed by atoms with E-state index >= 15 is 0 Å². The van der Waals surface area contributed by atoms with Crippen molar-refractivity contribution in [3.63, 3.8) is 0 Å². The first-order valence-electron chi connectivity index (χ1n) is 12.3. The predicted octanol–water partition coefficient (Wildman–Crippen LogP) is 5.22. The maximum atomic E-state index is 14.3. The highest BCUT2D eigenvalue weighted by molar-refractivity contribution is 7.22. The van der Waals surface area contributed by atoms with Crippen LogP contribution in [-0.2, 0) is 9.53 Å². The van der Waals surface area contributed by atoms with Gasteiger partial charge in [-0.05, 0) is 80.9 Å². The molecule has 1 amide bonds. The number of aromatic nitrogens is 1. The van der Waals surface area contributed by atoms with Crippen LogP contribution in [0.25, 0.3) is 10.2 Å². The maximum Gasteiger partial charge on any atom is 0.235 e. The van der Waals surface area contributed by atoms with E-state index in [0.717, 1.165) is 103 Å². The lowest BCUT2D eigenvalue weighted by Crippen LogP contribution is -2.55. The Morgan fingerprint density at radius 1 is 1.16 bits per heavy atom. The van der Waals surface area contributed by atoms with E-state index in [1.807, 2.05) is 18.2 Å². The number of hydrogen-bond donors (Lipinski definition) is 0. The average molecular weight is 474 g/mol. The Hall–Kier alpha value is -1.21. The highest BCUT2D eigenvalue weighted by Crippen LogP contribution is 2.60. The van der Waals surface area contributed by atoms with Crippen LogP contribution in [-0.4, -0.2) is 55.2 Å². The first-order chi connectivity index (χ1) is 15.6. The molecule has 32 heavy (non-hydrogen) atoms. The van der Waals surface area contributed by atoms with Gasteiger partial charge in [0.2, 0.25) is 5.91 Å². The number of ether oxygens (including phenoxy) is 1. The number of anilines is 1. The van der Waals surface area contributed by atoms with Gasteiger partial charge in [0, 0.05) is 31.2 Å². The molecule has 1 aliphatic heterocycles. The third kappa shape index (κ3) is 3.97.